The van der Waals surface area contributed by atoms with E-state index in [-0.39, 0.29) is 64.6 Å². The van der Waals surface area contributed by atoms with Crippen LogP contribution in [-0.2, 0) is 28.4 Å². The molecule has 8 nitrogen and oxygen atoms in total. The van der Waals surface area contributed by atoms with E-state index in [4.69, 9.17) is 28.4 Å². The molecule has 0 fully saturated rings. The number of likely N-dealkylation sites (N-methyl/N-ethyl adjacent to an activating group) is 1. The van der Waals surface area contributed by atoms with Crippen LogP contribution >= 0.6 is 0 Å². The van der Waals surface area contributed by atoms with E-state index in [1.807, 2.05) is 7.05 Å². The first-order valence-corrected chi connectivity index (χ1v) is 8.11. The maximum atomic E-state index is 10.1. The van der Waals surface area contributed by atoms with Gasteiger partial charge in [0.2, 0.25) is 0 Å². The topological polar surface area (TPSA) is 90.5 Å². The molecule has 0 aromatic heterocycles. The summed E-state index contributed by atoms with van der Waals surface area (Å²) in [7, 11) is 1.89. The normalized spacial score (nSPS) is 10.8. The van der Waals surface area contributed by atoms with E-state index < -0.39 is 0 Å². The van der Waals surface area contributed by atoms with E-state index in [0.717, 1.165) is 6.54 Å². The SMILES string of the molecule is CNCCOCCOCCOCCOCCOCCOCC[O-].[K+]. The molecule has 0 aliphatic carbocycles. The van der Waals surface area contributed by atoms with Crippen molar-refractivity contribution in [1.29, 1.82) is 0 Å². The van der Waals surface area contributed by atoms with Gasteiger partial charge in [0.1, 0.15) is 0 Å². The van der Waals surface area contributed by atoms with Crippen LogP contribution in [0.4, 0.5) is 0 Å². The molecule has 0 aliphatic rings. The molecule has 0 aromatic rings. The summed E-state index contributed by atoms with van der Waals surface area (Å²) in [5.74, 6) is 0. The molecule has 0 rings (SSSR count). The van der Waals surface area contributed by atoms with E-state index in [9.17, 15) is 5.11 Å². The molecule has 0 spiro atoms. The fourth-order valence-electron chi connectivity index (χ4n) is 1.43. The molecule has 0 aliphatic heterocycles. The standard InChI is InChI=1S/C15H32NO7.K/c1-16-2-4-18-6-8-20-10-12-22-14-15-23-13-11-21-9-7-19-5-3-17;/h16H,2-15H2,1H3;/q-1;+1. The molecule has 0 heterocycles. The smallest absolute Gasteiger partial charge is 0.853 e. The van der Waals surface area contributed by atoms with Gasteiger partial charge in [0.05, 0.1) is 72.7 Å². The van der Waals surface area contributed by atoms with Gasteiger partial charge in [0.15, 0.2) is 0 Å². The zero-order valence-corrected chi connectivity index (χ0v) is 18.4. The minimum absolute atomic E-state index is 0. The predicted octanol–water partition coefficient (Wildman–Crippen LogP) is -4.33. The van der Waals surface area contributed by atoms with Gasteiger partial charge < -0.3 is 38.8 Å². The van der Waals surface area contributed by atoms with Crippen LogP contribution in [0.25, 0.3) is 0 Å². The van der Waals surface area contributed by atoms with Gasteiger partial charge in [-0.3, -0.25) is 0 Å². The third-order valence-corrected chi connectivity index (χ3v) is 2.58. The van der Waals surface area contributed by atoms with E-state index in [2.05, 4.69) is 5.32 Å². The van der Waals surface area contributed by atoms with Gasteiger partial charge in [-0.15, -0.1) is 6.61 Å². The summed E-state index contributed by atoms with van der Waals surface area (Å²) in [4.78, 5) is 0. The average molecular weight is 378 g/mol. The minimum atomic E-state index is -0.210. The first-order valence-electron chi connectivity index (χ1n) is 8.11. The molecule has 0 unspecified atom stereocenters. The van der Waals surface area contributed by atoms with Crippen molar-refractivity contribution in [3.8, 4) is 0 Å². The molecule has 0 bridgehead atoms. The molecule has 0 atom stereocenters. The second kappa shape index (κ2) is 26.5. The summed E-state index contributed by atoms with van der Waals surface area (Å²) >= 11 is 0. The molecule has 24 heavy (non-hydrogen) atoms. The third-order valence-electron chi connectivity index (χ3n) is 2.58. The average Bonchev–Trinajstić information content (AvgIpc) is 2.57. The molecule has 0 amide bonds. The van der Waals surface area contributed by atoms with Crippen molar-refractivity contribution >= 4 is 0 Å². The van der Waals surface area contributed by atoms with Crippen LogP contribution in [0.5, 0.6) is 0 Å². The molecule has 1 N–H and O–H groups in total. The van der Waals surface area contributed by atoms with Gasteiger partial charge in [-0.25, -0.2) is 0 Å². The predicted molar refractivity (Wildman–Crippen MR) is 83.7 cm³/mol. The number of hydrogen-bond donors (Lipinski definition) is 1. The third kappa shape index (κ3) is 25.6. The van der Waals surface area contributed by atoms with Crippen LogP contribution in [0.15, 0.2) is 0 Å². The molecule has 9 heteroatoms. The Morgan fingerprint density at radius 3 is 1.12 bits per heavy atom. The van der Waals surface area contributed by atoms with Crippen molar-refractivity contribution < 1.29 is 84.9 Å². The Bertz CT molecular complexity index is 196. The van der Waals surface area contributed by atoms with Crippen LogP contribution in [0.2, 0.25) is 0 Å². The van der Waals surface area contributed by atoms with E-state index in [0.29, 0.717) is 72.7 Å². The Kier molecular flexibility index (Phi) is 30.5. The first-order chi connectivity index (χ1) is 11.4. The number of hydrogen-bond acceptors (Lipinski definition) is 8. The quantitative estimate of drug-likeness (QED) is 0.168. The van der Waals surface area contributed by atoms with Gasteiger partial charge in [0, 0.05) is 13.2 Å². The summed E-state index contributed by atoms with van der Waals surface area (Å²) in [6, 6.07) is 0. The zero-order chi connectivity index (χ0) is 16.8. The molecular weight excluding hydrogens is 345 g/mol. The second-order valence-electron chi connectivity index (χ2n) is 4.48. The van der Waals surface area contributed by atoms with Crippen LogP contribution in [-0.4, -0.2) is 99.5 Å². The van der Waals surface area contributed by atoms with E-state index in [1.54, 1.807) is 0 Å². The van der Waals surface area contributed by atoms with Gasteiger partial charge in [-0.1, -0.05) is 0 Å². The van der Waals surface area contributed by atoms with Crippen molar-refractivity contribution in [1.82, 2.24) is 5.32 Å². The van der Waals surface area contributed by atoms with E-state index in [1.165, 1.54) is 0 Å². The van der Waals surface area contributed by atoms with E-state index >= 15 is 0 Å². The summed E-state index contributed by atoms with van der Waals surface area (Å²) in [6.07, 6.45) is 0. The van der Waals surface area contributed by atoms with Gasteiger partial charge in [0.25, 0.3) is 0 Å². The Morgan fingerprint density at radius 2 is 0.833 bits per heavy atom. The molecular formula is C15H32KNO7. The van der Waals surface area contributed by atoms with Gasteiger partial charge >= 0.3 is 51.4 Å². The van der Waals surface area contributed by atoms with Crippen molar-refractivity contribution in [2.75, 3.05) is 99.5 Å². The Hall–Kier alpha value is 1.32. The van der Waals surface area contributed by atoms with Crippen molar-refractivity contribution in [2.45, 2.75) is 0 Å². The van der Waals surface area contributed by atoms with Crippen molar-refractivity contribution in [3.63, 3.8) is 0 Å². The van der Waals surface area contributed by atoms with Crippen molar-refractivity contribution in [3.05, 3.63) is 0 Å². The zero-order valence-electron chi connectivity index (χ0n) is 15.3. The molecule has 0 aromatic carbocycles. The van der Waals surface area contributed by atoms with Crippen LogP contribution in [0.1, 0.15) is 0 Å². The van der Waals surface area contributed by atoms with Crippen LogP contribution in [0.3, 0.4) is 0 Å². The first kappa shape index (κ1) is 27.5. The minimum Gasteiger partial charge on any atom is -0.853 e. The molecule has 0 saturated heterocycles. The molecule has 0 saturated carbocycles. The summed E-state index contributed by atoms with van der Waals surface area (Å²) in [5, 5.41) is 13.1. The number of ether oxygens (including phenoxy) is 6. The fraction of sp³-hybridized carbons (Fsp3) is 1.00. The maximum Gasteiger partial charge on any atom is 1.00 e. The number of rotatable bonds is 20. The second-order valence-corrected chi connectivity index (χ2v) is 4.48. The van der Waals surface area contributed by atoms with Gasteiger partial charge in [-0.2, -0.15) is 0 Å². The molecule has 140 valence electrons. The molecule has 0 radical (unpaired) electrons. The maximum absolute atomic E-state index is 10.1. The summed E-state index contributed by atoms with van der Waals surface area (Å²) < 4.78 is 31.6. The number of nitrogens with one attached hydrogen (secondary N) is 1. The van der Waals surface area contributed by atoms with Crippen LogP contribution < -0.4 is 61.8 Å². The van der Waals surface area contributed by atoms with Gasteiger partial charge in [-0.05, 0) is 7.05 Å². The van der Waals surface area contributed by atoms with Crippen LogP contribution in [0, 0.1) is 0 Å². The summed E-state index contributed by atoms with van der Waals surface area (Å²) in [5.41, 5.74) is 0. The largest absolute Gasteiger partial charge is 1.00 e. The summed E-state index contributed by atoms with van der Waals surface area (Å²) in [6.45, 7) is 6.90. The Balaban J connectivity index is 0. The fourth-order valence-corrected chi connectivity index (χ4v) is 1.43. The Morgan fingerprint density at radius 1 is 0.542 bits per heavy atom. The monoisotopic (exact) mass is 377 g/mol. The van der Waals surface area contributed by atoms with Crippen molar-refractivity contribution in [2.24, 2.45) is 0 Å². The Labute approximate surface area is 188 Å².